The summed E-state index contributed by atoms with van der Waals surface area (Å²) in [6, 6.07) is 14.7. The average molecular weight is 505 g/mol. The van der Waals surface area contributed by atoms with Gasteiger partial charge in [-0.25, -0.2) is 0 Å². The summed E-state index contributed by atoms with van der Waals surface area (Å²) in [4.78, 5) is 51.6. The number of carboxylic acids is 1. The monoisotopic (exact) mass is 504 g/mol. The Morgan fingerprint density at radius 3 is 2.51 bits per heavy atom. The van der Waals surface area contributed by atoms with E-state index in [2.05, 4.69) is 5.32 Å². The van der Waals surface area contributed by atoms with Crippen molar-refractivity contribution in [2.75, 3.05) is 6.79 Å². The molecule has 4 rings (SSSR count). The molecule has 0 aliphatic carbocycles. The lowest BCUT2D eigenvalue weighted by Gasteiger charge is -2.24. The Morgan fingerprint density at radius 2 is 1.78 bits per heavy atom. The van der Waals surface area contributed by atoms with Crippen LogP contribution in [0.3, 0.4) is 0 Å². The summed E-state index contributed by atoms with van der Waals surface area (Å²) >= 11 is 0. The molecule has 0 fully saturated rings. The lowest BCUT2D eigenvalue weighted by Crippen LogP contribution is -2.40. The van der Waals surface area contributed by atoms with Gasteiger partial charge in [0, 0.05) is 11.8 Å². The fourth-order valence-corrected chi connectivity index (χ4v) is 4.29. The van der Waals surface area contributed by atoms with Crippen LogP contribution in [-0.2, 0) is 9.59 Å². The fraction of sp³-hybridized carbons (Fsp3) is 0.286. The van der Waals surface area contributed by atoms with Gasteiger partial charge in [-0.3, -0.25) is 19.2 Å². The first-order chi connectivity index (χ1) is 17.9. The average Bonchev–Trinajstić information content (AvgIpc) is 3.37. The molecule has 192 valence electrons. The van der Waals surface area contributed by atoms with E-state index >= 15 is 0 Å². The molecule has 1 aliphatic heterocycles. The SMILES string of the molecule is CCCC[C@@H](C(=O)N[C@@H](CC(=O)O)c1ccc2c(c1)OCO2)n1cccc(C(=O)c2ccccc2)c1=O. The molecule has 9 nitrogen and oxygen atoms in total. The van der Waals surface area contributed by atoms with E-state index in [4.69, 9.17) is 9.47 Å². The van der Waals surface area contributed by atoms with Crippen LogP contribution in [-0.4, -0.2) is 34.1 Å². The van der Waals surface area contributed by atoms with Gasteiger partial charge >= 0.3 is 5.97 Å². The first-order valence-corrected chi connectivity index (χ1v) is 12.1. The number of pyridine rings is 1. The predicted molar refractivity (Wildman–Crippen MR) is 135 cm³/mol. The Bertz CT molecular complexity index is 1350. The number of ether oxygens (including phenoxy) is 2. The molecule has 37 heavy (non-hydrogen) atoms. The van der Waals surface area contributed by atoms with Gasteiger partial charge in [0.15, 0.2) is 17.3 Å². The standard InChI is InChI=1S/C28H28N2O7/c1-2-3-11-22(30-14-7-10-20(28(30)35)26(33)18-8-5-4-6-9-18)27(34)29-21(16-25(31)32)19-12-13-23-24(15-19)37-17-36-23/h4-10,12-15,21-22H,2-3,11,16-17H2,1H3,(H,29,34)(H,31,32)/t21-,22-/m0/s1. The molecule has 2 atom stereocenters. The van der Waals surface area contributed by atoms with Crippen molar-refractivity contribution < 1.29 is 29.0 Å². The largest absolute Gasteiger partial charge is 0.481 e. The number of carbonyl (C=O) groups excluding carboxylic acids is 2. The van der Waals surface area contributed by atoms with Crippen LogP contribution in [0.2, 0.25) is 0 Å². The van der Waals surface area contributed by atoms with Gasteiger partial charge in [0.05, 0.1) is 18.0 Å². The van der Waals surface area contributed by atoms with Crippen LogP contribution in [0.4, 0.5) is 0 Å². The van der Waals surface area contributed by atoms with Crippen LogP contribution >= 0.6 is 0 Å². The number of unbranched alkanes of at least 4 members (excludes halogenated alkanes) is 1. The van der Waals surface area contributed by atoms with Gasteiger partial charge < -0.3 is 24.5 Å². The lowest BCUT2D eigenvalue weighted by molar-refractivity contribution is -0.138. The highest BCUT2D eigenvalue weighted by molar-refractivity contribution is 6.08. The number of amides is 1. The van der Waals surface area contributed by atoms with E-state index in [1.54, 1.807) is 54.6 Å². The summed E-state index contributed by atoms with van der Waals surface area (Å²) < 4.78 is 12.0. The number of ketones is 1. The number of hydrogen-bond donors (Lipinski definition) is 2. The van der Waals surface area contributed by atoms with Crippen LogP contribution in [0.1, 0.15) is 66.2 Å². The van der Waals surface area contributed by atoms with Crippen molar-refractivity contribution >= 4 is 17.7 Å². The third-order valence-electron chi connectivity index (χ3n) is 6.22. The Labute approximate surface area is 213 Å². The molecule has 0 spiro atoms. The Balaban J connectivity index is 1.65. The number of fused-ring (bicyclic) bond motifs is 1. The molecule has 0 saturated carbocycles. The first-order valence-electron chi connectivity index (χ1n) is 12.1. The van der Waals surface area contributed by atoms with Crippen molar-refractivity contribution in [2.24, 2.45) is 0 Å². The summed E-state index contributed by atoms with van der Waals surface area (Å²) in [5.74, 6) is -1.03. The molecule has 1 aliphatic rings. The summed E-state index contributed by atoms with van der Waals surface area (Å²) in [6.45, 7) is 2.03. The second-order valence-electron chi connectivity index (χ2n) is 8.76. The highest BCUT2D eigenvalue weighted by atomic mass is 16.7. The Kier molecular flexibility index (Phi) is 8.02. The van der Waals surface area contributed by atoms with E-state index in [0.29, 0.717) is 35.5 Å². The molecular formula is C28H28N2O7. The van der Waals surface area contributed by atoms with E-state index < -0.39 is 35.3 Å². The first kappa shape index (κ1) is 25.7. The second kappa shape index (κ2) is 11.6. The van der Waals surface area contributed by atoms with Crippen molar-refractivity contribution in [3.8, 4) is 11.5 Å². The van der Waals surface area contributed by atoms with Gasteiger partial charge in [0.25, 0.3) is 5.56 Å². The highest BCUT2D eigenvalue weighted by Gasteiger charge is 2.28. The zero-order chi connectivity index (χ0) is 26.4. The fourth-order valence-electron chi connectivity index (χ4n) is 4.29. The number of rotatable bonds is 11. The van der Waals surface area contributed by atoms with E-state index in [0.717, 1.165) is 6.42 Å². The summed E-state index contributed by atoms with van der Waals surface area (Å²) in [5, 5.41) is 12.3. The molecule has 0 saturated heterocycles. The smallest absolute Gasteiger partial charge is 0.305 e. The normalized spacial score (nSPS) is 13.5. The molecule has 2 N–H and O–H groups in total. The number of carboxylic acid groups (broad SMARTS) is 1. The van der Waals surface area contributed by atoms with Crippen LogP contribution in [0.25, 0.3) is 0 Å². The quantitative estimate of drug-likeness (QED) is 0.380. The molecule has 1 aromatic heterocycles. The second-order valence-corrected chi connectivity index (χ2v) is 8.76. The maximum Gasteiger partial charge on any atom is 0.305 e. The van der Waals surface area contributed by atoms with Crippen LogP contribution in [0, 0.1) is 0 Å². The number of aromatic nitrogens is 1. The summed E-state index contributed by atoms with van der Waals surface area (Å²) in [7, 11) is 0. The molecule has 3 aromatic rings. The Hall–Kier alpha value is -4.40. The van der Waals surface area contributed by atoms with E-state index in [-0.39, 0.29) is 18.8 Å². The van der Waals surface area contributed by atoms with E-state index in [1.807, 2.05) is 6.92 Å². The Morgan fingerprint density at radius 1 is 1.03 bits per heavy atom. The molecule has 0 bridgehead atoms. The van der Waals surface area contributed by atoms with E-state index in [1.165, 1.54) is 16.8 Å². The van der Waals surface area contributed by atoms with Gasteiger partial charge in [-0.1, -0.05) is 56.2 Å². The summed E-state index contributed by atoms with van der Waals surface area (Å²) in [5.41, 5.74) is 0.289. The number of nitrogens with zero attached hydrogens (tertiary/aromatic N) is 1. The van der Waals surface area contributed by atoms with Crippen LogP contribution in [0.5, 0.6) is 11.5 Å². The molecule has 0 radical (unpaired) electrons. The van der Waals surface area contributed by atoms with Gasteiger partial charge in [0.1, 0.15) is 6.04 Å². The minimum atomic E-state index is -1.10. The van der Waals surface area contributed by atoms with E-state index in [9.17, 15) is 24.3 Å². The maximum atomic E-state index is 13.5. The van der Waals surface area contributed by atoms with Gasteiger partial charge in [-0.2, -0.15) is 0 Å². The number of aliphatic carboxylic acids is 1. The van der Waals surface area contributed by atoms with Crippen molar-refractivity contribution in [3.63, 3.8) is 0 Å². The molecule has 2 aromatic carbocycles. The molecule has 0 unspecified atom stereocenters. The maximum absolute atomic E-state index is 13.5. The predicted octanol–water partition coefficient (Wildman–Crippen LogP) is 3.87. The van der Waals surface area contributed by atoms with Crippen molar-refractivity contribution in [2.45, 2.75) is 44.7 Å². The molecular weight excluding hydrogens is 476 g/mol. The van der Waals surface area contributed by atoms with Crippen LogP contribution < -0.4 is 20.3 Å². The topological polar surface area (TPSA) is 124 Å². The molecule has 2 heterocycles. The number of benzene rings is 2. The van der Waals surface area contributed by atoms with Crippen molar-refractivity contribution in [1.82, 2.24) is 9.88 Å². The summed E-state index contributed by atoms with van der Waals surface area (Å²) in [6.07, 6.45) is 2.88. The minimum absolute atomic E-state index is 0.0409. The molecule has 1 amide bonds. The van der Waals surface area contributed by atoms with Gasteiger partial charge in [-0.05, 0) is 36.2 Å². The highest BCUT2D eigenvalue weighted by Crippen LogP contribution is 2.35. The van der Waals surface area contributed by atoms with Crippen molar-refractivity contribution in [3.05, 3.63) is 93.9 Å². The van der Waals surface area contributed by atoms with Gasteiger partial charge in [-0.15, -0.1) is 0 Å². The van der Waals surface area contributed by atoms with Crippen LogP contribution in [0.15, 0.2) is 71.7 Å². The van der Waals surface area contributed by atoms with Crippen molar-refractivity contribution in [1.29, 1.82) is 0 Å². The van der Waals surface area contributed by atoms with Gasteiger partial charge in [0.2, 0.25) is 12.7 Å². The zero-order valence-electron chi connectivity index (χ0n) is 20.4. The zero-order valence-corrected chi connectivity index (χ0v) is 20.4. The number of nitrogens with one attached hydrogen (secondary N) is 1. The molecule has 9 heteroatoms. The third-order valence-corrected chi connectivity index (χ3v) is 6.22. The minimum Gasteiger partial charge on any atom is -0.481 e. The number of carbonyl (C=O) groups is 3. The number of hydrogen-bond acceptors (Lipinski definition) is 6. The lowest BCUT2D eigenvalue weighted by atomic mass is 10.0. The third kappa shape index (κ3) is 5.88.